The van der Waals surface area contributed by atoms with Crippen LogP contribution in [0.4, 0.5) is 0 Å². The van der Waals surface area contributed by atoms with Crippen molar-refractivity contribution < 1.29 is 0 Å². The van der Waals surface area contributed by atoms with Crippen molar-refractivity contribution in [1.82, 2.24) is 29.7 Å². The molecule has 9 heteroatoms. The number of nitrogens with zero attached hydrogens (tertiary/aromatic N) is 6. The van der Waals surface area contributed by atoms with Crippen LogP contribution in [0.25, 0.3) is 11.2 Å². The van der Waals surface area contributed by atoms with E-state index in [9.17, 15) is 0 Å². The lowest BCUT2D eigenvalue weighted by Crippen LogP contribution is -2.38. The second kappa shape index (κ2) is 7.94. The highest BCUT2D eigenvalue weighted by Crippen LogP contribution is 2.31. The van der Waals surface area contributed by atoms with E-state index in [1.807, 2.05) is 19.5 Å². The maximum atomic E-state index is 7.84. The minimum atomic E-state index is 0.429. The predicted molar refractivity (Wildman–Crippen MR) is 122 cm³/mol. The van der Waals surface area contributed by atoms with Crippen LogP contribution in [-0.2, 0) is 6.54 Å². The minimum absolute atomic E-state index is 0.429. The van der Waals surface area contributed by atoms with E-state index < -0.39 is 0 Å². The first-order chi connectivity index (χ1) is 14.5. The number of aromatic nitrogens is 4. The molecule has 0 saturated carbocycles. The Labute approximate surface area is 176 Å². The molecule has 2 aliphatic rings. The lowest BCUT2D eigenvalue weighted by Gasteiger charge is -2.35. The number of hydrogen-bond acceptors (Lipinski definition) is 7. The van der Waals surface area contributed by atoms with Crippen molar-refractivity contribution in [2.45, 2.75) is 19.9 Å². The first kappa shape index (κ1) is 19.6. The van der Waals surface area contributed by atoms with E-state index >= 15 is 0 Å². The maximum Gasteiger partial charge on any atom is 0.167 e. The number of aliphatic imine (C=N–C) groups is 1. The summed E-state index contributed by atoms with van der Waals surface area (Å²) in [5.74, 6) is 0.744. The van der Waals surface area contributed by atoms with Crippen molar-refractivity contribution >= 4 is 36.7 Å². The number of rotatable bonds is 5. The molecule has 3 heterocycles. The SMILES string of the molecule is Bc1ncnc2c1ncn2CC1=NC(C=N)=C(NC)C(=C)N1C1=CCC=CC=C1C. The van der Waals surface area contributed by atoms with E-state index in [0.717, 1.165) is 51.7 Å². The average Bonchev–Trinajstić information content (AvgIpc) is 3.03. The van der Waals surface area contributed by atoms with E-state index in [0.29, 0.717) is 12.2 Å². The Kier molecular flexibility index (Phi) is 5.18. The molecule has 0 bridgehead atoms. The monoisotopic (exact) mass is 398 g/mol. The summed E-state index contributed by atoms with van der Waals surface area (Å²) in [6, 6.07) is 0. The van der Waals surface area contributed by atoms with Gasteiger partial charge in [0.25, 0.3) is 0 Å². The fourth-order valence-electron chi connectivity index (χ4n) is 3.68. The molecule has 0 unspecified atom stereocenters. The lowest BCUT2D eigenvalue weighted by molar-refractivity contribution is 0.592. The predicted octanol–water partition coefficient (Wildman–Crippen LogP) is 1.18. The van der Waals surface area contributed by atoms with E-state index in [2.05, 4.69) is 63.0 Å². The van der Waals surface area contributed by atoms with Crippen molar-refractivity contribution in [3.8, 4) is 0 Å². The summed E-state index contributed by atoms with van der Waals surface area (Å²) < 4.78 is 1.95. The van der Waals surface area contributed by atoms with Gasteiger partial charge in [-0.3, -0.25) is 4.90 Å². The summed E-state index contributed by atoms with van der Waals surface area (Å²) in [6.45, 7) is 6.83. The van der Waals surface area contributed by atoms with Gasteiger partial charge in [-0.2, -0.15) is 0 Å². The van der Waals surface area contributed by atoms with E-state index in [1.165, 1.54) is 6.21 Å². The maximum absolute atomic E-state index is 7.84. The second-order valence-electron chi connectivity index (χ2n) is 7.07. The number of likely N-dealkylation sites (N-methyl/N-ethyl adjacent to an activating group) is 1. The third-order valence-electron chi connectivity index (χ3n) is 5.18. The molecule has 1 aliphatic carbocycles. The Morgan fingerprint density at radius 1 is 1.33 bits per heavy atom. The zero-order valence-electron chi connectivity index (χ0n) is 17.3. The highest BCUT2D eigenvalue weighted by Gasteiger charge is 2.29. The van der Waals surface area contributed by atoms with Crippen molar-refractivity contribution in [2.75, 3.05) is 7.05 Å². The molecule has 150 valence electrons. The molecule has 4 rings (SSSR count). The molecule has 2 aromatic rings. The van der Waals surface area contributed by atoms with Crippen LogP contribution in [0, 0.1) is 5.41 Å². The van der Waals surface area contributed by atoms with Crippen LogP contribution in [0.1, 0.15) is 13.3 Å². The molecule has 0 atom stereocenters. The van der Waals surface area contributed by atoms with E-state index in [-0.39, 0.29) is 0 Å². The second-order valence-corrected chi connectivity index (χ2v) is 7.07. The van der Waals surface area contributed by atoms with Gasteiger partial charge in [0, 0.05) is 24.6 Å². The molecule has 2 N–H and O–H groups in total. The molecule has 0 spiro atoms. The van der Waals surface area contributed by atoms with E-state index in [1.54, 1.807) is 12.7 Å². The van der Waals surface area contributed by atoms with Gasteiger partial charge in [0.15, 0.2) is 13.5 Å². The highest BCUT2D eigenvalue weighted by molar-refractivity contribution is 6.36. The summed E-state index contributed by atoms with van der Waals surface area (Å²) in [7, 11) is 3.73. The average molecular weight is 398 g/mol. The number of nitrogens with one attached hydrogen (secondary N) is 2. The largest absolute Gasteiger partial charge is 0.385 e. The van der Waals surface area contributed by atoms with Crippen LogP contribution in [0.5, 0.6) is 0 Å². The molecule has 1 aliphatic heterocycles. The summed E-state index contributed by atoms with van der Waals surface area (Å²) in [4.78, 5) is 20.0. The number of amidine groups is 1. The summed E-state index contributed by atoms with van der Waals surface area (Å²) in [5.41, 5.74) is 6.50. The molecule has 8 nitrogen and oxygen atoms in total. The van der Waals surface area contributed by atoms with Gasteiger partial charge < -0.3 is 15.3 Å². The number of hydrogen-bond donors (Lipinski definition) is 2. The van der Waals surface area contributed by atoms with Crippen LogP contribution in [0.3, 0.4) is 0 Å². The molecular weight excluding hydrogens is 375 g/mol. The van der Waals surface area contributed by atoms with Crippen LogP contribution < -0.4 is 10.9 Å². The first-order valence-corrected chi connectivity index (χ1v) is 9.71. The standard InChI is InChI=1S/C21H23BN8/c1-13-7-5-4-6-8-16(13)30-14(2)18(24-3)15(9-23)28-17(30)10-29-12-27-19-20(22)25-11-26-21(19)29/h4-5,7-9,11-12,23-24H,2,6,10,22H2,1,3H3. The lowest BCUT2D eigenvalue weighted by atomic mass is 10.0. The minimum Gasteiger partial charge on any atom is -0.385 e. The molecule has 0 fully saturated rings. The molecular formula is C21H23BN8. The Hall–Kier alpha value is -3.75. The normalized spacial score (nSPS) is 16.9. The fourth-order valence-corrected chi connectivity index (χ4v) is 3.68. The van der Waals surface area contributed by atoms with Crippen molar-refractivity contribution in [3.05, 3.63) is 71.9 Å². The summed E-state index contributed by atoms with van der Waals surface area (Å²) >= 11 is 0. The Balaban J connectivity index is 1.84. The topological polar surface area (TPSA) is 95.1 Å². The van der Waals surface area contributed by atoms with Gasteiger partial charge in [-0.1, -0.05) is 30.9 Å². The molecule has 0 radical (unpaired) electrons. The summed E-state index contributed by atoms with van der Waals surface area (Å²) in [5, 5.41) is 11.0. The third kappa shape index (κ3) is 3.28. The zero-order chi connectivity index (χ0) is 21.3. The van der Waals surface area contributed by atoms with Gasteiger partial charge in [-0.25, -0.2) is 19.9 Å². The number of allylic oxidation sites excluding steroid dienone is 6. The quantitative estimate of drug-likeness (QED) is 0.583. The van der Waals surface area contributed by atoms with Crippen LogP contribution in [0.15, 0.2) is 76.9 Å². The van der Waals surface area contributed by atoms with E-state index in [4.69, 9.17) is 10.4 Å². The van der Waals surface area contributed by atoms with Gasteiger partial charge in [-0.15, -0.1) is 0 Å². The molecule has 30 heavy (non-hydrogen) atoms. The van der Waals surface area contributed by atoms with Crippen LogP contribution in [-0.4, -0.2) is 51.4 Å². The van der Waals surface area contributed by atoms with Gasteiger partial charge in [0.1, 0.15) is 23.4 Å². The Morgan fingerprint density at radius 2 is 2.17 bits per heavy atom. The van der Waals surface area contributed by atoms with Gasteiger partial charge >= 0.3 is 0 Å². The zero-order valence-corrected chi connectivity index (χ0v) is 17.3. The molecule has 0 aromatic carbocycles. The fraction of sp³-hybridized carbons (Fsp3) is 0.190. The number of imidazole rings is 1. The van der Waals surface area contributed by atoms with Crippen molar-refractivity contribution in [2.24, 2.45) is 4.99 Å². The number of fused-ring (bicyclic) bond motifs is 1. The third-order valence-corrected chi connectivity index (χ3v) is 5.18. The smallest absolute Gasteiger partial charge is 0.167 e. The molecule has 0 amide bonds. The van der Waals surface area contributed by atoms with Gasteiger partial charge in [-0.05, 0) is 18.9 Å². The van der Waals surface area contributed by atoms with Crippen molar-refractivity contribution in [1.29, 1.82) is 5.41 Å². The van der Waals surface area contributed by atoms with Gasteiger partial charge in [0.05, 0.1) is 24.3 Å². The Bertz CT molecular complexity index is 1190. The van der Waals surface area contributed by atoms with Crippen LogP contribution in [0.2, 0.25) is 0 Å². The molecule has 2 aromatic heterocycles. The molecule has 0 saturated heterocycles. The summed E-state index contributed by atoms with van der Waals surface area (Å²) in [6.07, 6.45) is 13.8. The van der Waals surface area contributed by atoms with Crippen LogP contribution >= 0.6 is 0 Å². The van der Waals surface area contributed by atoms with Crippen molar-refractivity contribution in [3.63, 3.8) is 0 Å². The highest BCUT2D eigenvalue weighted by atomic mass is 15.3. The van der Waals surface area contributed by atoms with Gasteiger partial charge in [0.2, 0.25) is 0 Å². The first-order valence-electron chi connectivity index (χ1n) is 9.71. The Morgan fingerprint density at radius 3 is 2.93 bits per heavy atom.